The summed E-state index contributed by atoms with van der Waals surface area (Å²) in [6.07, 6.45) is 0. The molecule has 6 heteroatoms. The number of benzene rings is 2. The van der Waals surface area contributed by atoms with E-state index in [9.17, 15) is 0 Å². The number of rotatable bonds is 6. The molecule has 3 rings (SSSR count). The van der Waals surface area contributed by atoms with E-state index in [0.29, 0.717) is 0 Å². The average Bonchev–Trinajstić information content (AvgIpc) is 2.69. The zero-order chi connectivity index (χ0) is 18.5. The highest BCUT2D eigenvalue weighted by atomic mass is 32.2. The van der Waals surface area contributed by atoms with Gasteiger partial charge in [0.2, 0.25) is 0 Å². The first kappa shape index (κ1) is 19.0. The van der Waals surface area contributed by atoms with Crippen LogP contribution in [0.2, 0.25) is 0 Å². The molecule has 1 unspecified atom stereocenters. The Bertz CT molecular complexity index is 755. The zero-order valence-electron chi connectivity index (χ0n) is 15.3. The van der Waals surface area contributed by atoms with Crippen molar-refractivity contribution in [2.75, 3.05) is 26.8 Å². The highest BCUT2D eigenvalue weighted by Crippen LogP contribution is 2.31. The van der Waals surface area contributed by atoms with Crippen LogP contribution >= 0.6 is 24.0 Å². The van der Waals surface area contributed by atoms with Gasteiger partial charge in [0.25, 0.3) is 0 Å². The van der Waals surface area contributed by atoms with E-state index in [4.69, 9.17) is 21.7 Å². The molecule has 0 N–H and O–H groups in total. The molecule has 0 spiro atoms. The molecule has 4 nitrogen and oxygen atoms in total. The number of nitrogens with zero attached hydrogens (tertiary/aromatic N) is 2. The lowest BCUT2D eigenvalue weighted by Gasteiger charge is -2.40. The van der Waals surface area contributed by atoms with Crippen LogP contribution in [0.3, 0.4) is 0 Å². The predicted molar refractivity (Wildman–Crippen MR) is 112 cm³/mol. The van der Waals surface area contributed by atoms with Crippen molar-refractivity contribution in [2.45, 2.75) is 19.5 Å². The number of hydrogen-bond acceptors (Lipinski definition) is 5. The van der Waals surface area contributed by atoms with Crippen LogP contribution in [0.25, 0.3) is 0 Å². The van der Waals surface area contributed by atoms with E-state index in [1.807, 2.05) is 18.2 Å². The summed E-state index contributed by atoms with van der Waals surface area (Å²) in [6, 6.07) is 16.9. The summed E-state index contributed by atoms with van der Waals surface area (Å²) in [5.74, 6) is 2.41. The first-order valence-corrected chi connectivity index (χ1v) is 9.93. The molecule has 2 aromatic rings. The largest absolute Gasteiger partial charge is 0.493 e. The fourth-order valence-corrected chi connectivity index (χ4v) is 4.29. The number of ether oxygens (including phenoxy) is 2. The molecule has 1 atom stereocenters. The van der Waals surface area contributed by atoms with Crippen LogP contribution in [0.15, 0.2) is 48.5 Å². The molecule has 0 saturated carbocycles. The smallest absolute Gasteiger partial charge is 0.161 e. The summed E-state index contributed by atoms with van der Waals surface area (Å²) in [6.45, 7) is 3.87. The lowest BCUT2D eigenvalue weighted by atomic mass is 10.1. The van der Waals surface area contributed by atoms with Gasteiger partial charge in [-0.05, 0) is 30.2 Å². The van der Waals surface area contributed by atoms with Crippen molar-refractivity contribution in [3.63, 3.8) is 0 Å². The number of hydrogen-bond donors (Lipinski definition) is 0. The Morgan fingerprint density at radius 2 is 1.81 bits per heavy atom. The van der Waals surface area contributed by atoms with Crippen LogP contribution < -0.4 is 9.47 Å². The quantitative estimate of drug-likeness (QED) is 0.675. The molecular formula is C20H24N2O2S2. The standard InChI is InChI=1S/C20H24N2O2S2/c1-15(17-7-5-4-6-8-17)22-13-21(14-26-20(22)25)12-16-9-10-18(23-2)19(11-16)24-3/h4-11,15H,12-14H2,1-3H3. The SMILES string of the molecule is COc1ccc(CN2CSC(=S)N(C(C)c3ccccc3)C2)cc1OC. The van der Waals surface area contributed by atoms with E-state index >= 15 is 0 Å². The van der Waals surface area contributed by atoms with E-state index in [1.165, 1.54) is 11.1 Å². The normalized spacial score (nSPS) is 16.4. The summed E-state index contributed by atoms with van der Waals surface area (Å²) in [7, 11) is 3.32. The molecule has 1 aliphatic heterocycles. The molecule has 26 heavy (non-hydrogen) atoms. The van der Waals surface area contributed by atoms with Crippen molar-refractivity contribution in [2.24, 2.45) is 0 Å². The van der Waals surface area contributed by atoms with Gasteiger partial charge in [0, 0.05) is 6.54 Å². The Morgan fingerprint density at radius 1 is 1.08 bits per heavy atom. The first-order valence-electron chi connectivity index (χ1n) is 8.54. The zero-order valence-corrected chi connectivity index (χ0v) is 17.0. The minimum absolute atomic E-state index is 0.254. The minimum Gasteiger partial charge on any atom is -0.493 e. The van der Waals surface area contributed by atoms with Crippen LogP contribution in [0.4, 0.5) is 0 Å². The Kier molecular flexibility index (Phi) is 6.40. The van der Waals surface area contributed by atoms with Gasteiger partial charge in [-0.1, -0.05) is 60.4 Å². The molecule has 0 radical (unpaired) electrons. The Morgan fingerprint density at radius 3 is 2.50 bits per heavy atom. The Labute approximate surface area is 165 Å². The number of thiocarbonyl (C=S) groups is 1. The summed E-state index contributed by atoms with van der Waals surface area (Å²) in [5.41, 5.74) is 2.48. The van der Waals surface area contributed by atoms with Crippen molar-refractivity contribution in [1.29, 1.82) is 0 Å². The van der Waals surface area contributed by atoms with Crippen LogP contribution in [0.1, 0.15) is 24.1 Å². The molecule has 0 bridgehead atoms. The van der Waals surface area contributed by atoms with E-state index in [-0.39, 0.29) is 6.04 Å². The second-order valence-electron chi connectivity index (χ2n) is 6.26. The maximum Gasteiger partial charge on any atom is 0.161 e. The van der Waals surface area contributed by atoms with Gasteiger partial charge in [0.15, 0.2) is 11.5 Å². The maximum atomic E-state index is 5.62. The monoisotopic (exact) mass is 388 g/mol. The molecule has 1 aliphatic rings. The van der Waals surface area contributed by atoms with Crippen molar-refractivity contribution in [3.8, 4) is 11.5 Å². The fraction of sp³-hybridized carbons (Fsp3) is 0.350. The van der Waals surface area contributed by atoms with Gasteiger partial charge < -0.3 is 14.4 Å². The van der Waals surface area contributed by atoms with E-state index in [0.717, 1.165) is 34.9 Å². The Hall–Kier alpha value is -1.76. The van der Waals surface area contributed by atoms with Crippen LogP contribution in [-0.2, 0) is 6.54 Å². The van der Waals surface area contributed by atoms with Crippen LogP contribution in [0, 0.1) is 0 Å². The van der Waals surface area contributed by atoms with Gasteiger partial charge in [0.1, 0.15) is 4.32 Å². The van der Waals surface area contributed by atoms with Crippen LogP contribution in [-0.4, -0.2) is 40.9 Å². The predicted octanol–water partition coefficient (Wildman–Crippen LogP) is 4.52. The van der Waals surface area contributed by atoms with Gasteiger partial charge in [-0.2, -0.15) is 0 Å². The second-order valence-corrected chi connectivity index (χ2v) is 7.83. The molecule has 138 valence electrons. The Balaban J connectivity index is 1.71. The van der Waals surface area contributed by atoms with E-state index in [1.54, 1.807) is 26.0 Å². The number of methoxy groups -OCH3 is 2. The van der Waals surface area contributed by atoms with Gasteiger partial charge in [-0.3, -0.25) is 4.90 Å². The molecule has 0 aliphatic carbocycles. The van der Waals surface area contributed by atoms with Crippen molar-refractivity contribution in [3.05, 3.63) is 59.7 Å². The van der Waals surface area contributed by atoms with Gasteiger partial charge in [0.05, 0.1) is 32.8 Å². The third kappa shape index (κ3) is 4.31. The lowest BCUT2D eigenvalue weighted by Crippen LogP contribution is -2.45. The van der Waals surface area contributed by atoms with Crippen molar-refractivity contribution in [1.82, 2.24) is 9.80 Å². The van der Waals surface area contributed by atoms with Crippen LogP contribution in [0.5, 0.6) is 11.5 Å². The number of thioether (sulfide) groups is 1. The minimum atomic E-state index is 0.254. The van der Waals surface area contributed by atoms with Gasteiger partial charge in [-0.15, -0.1) is 0 Å². The molecule has 1 heterocycles. The molecule has 1 fully saturated rings. The summed E-state index contributed by atoms with van der Waals surface area (Å²) in [4.78, 5) is 4.68. The highest BCUT2D eigenvalue weighted by Gasteiger charge is 2.26. The molecular weight excluding hydrogens is 364 g/mol. The topological polar surface area (TPSA) is 24.9 Å². The van der Waals surface area contributed by atoms with E-state index < -0.39 is 0 Å². The third-order valence-electron chi connectivity index (χ3n) is 4.56. The third-order valence-corrected chi connectivity index (χ3v) is 6.12. The molecule has 2 aromatic carbocycles. The molecule has 0 amide bonds. The lowest BCUT2D eigenvalue weighted by molar-refractivity contribution is 0.176. The summed E-state index contributed by atoms with van der Waals surface area (Å²) >= 11 is 7.34. The fourth-order valence-electron chi connectivity index (χ4n) is 3.07. The second kappa shape index (κ2) is 8.75. The van der Waals surface area contributed by atoms with Gasteiger partial charge >= 0.3 is 0 Å². The van der Waals surface area contributed by atoms with E-state index in [2.05, 4.69) is 47.1 Å². The van der Waals surface area contributed by atoms with Crippen molar-refractivity contribution < 1.29 is 9.47 Å². The molecule has 1 saturated heterocycles. The van der Waals surface area contributed by atoms with Crippen molar-refractivity contribution >= 4 is 28.3 Å². The first-order chi connectivity index (χ1) is 12.6. The van der Waals surface area contributed by atoms with Gasteiger partial charge in [-0.25, -0.2) is 0 Å². The summed E-state index contributed by atoms with van der Waals surface area (Å²) < 4.78 is 11.7. The maximum absolute atomic E-state index is 5.62. The summed E-state index contributed by atoms with van der Waals surface area (Å²) in [5, 5.41) is 0. The highest BCUT2D eigenvalue weighted by molar-refractivity contribution is 8.22. The average molecular weight is 389 g/mol. The molecule has 0 aromatic heterocycles.